The second-order valence-electron chi connectivity index (χ2n) is 8.40. The van der Waals surface area contributed by atoms with Gasteiger partial charge in [-0.25, -0.2) is 4.68 Å². The predicted molar refractivity (Wildman–Crippen MR) is 116 cm³/mol. The summed E-state index contributed by atoms with van der Waals surface area (Å²) >= 11 is 0. The van der Waals surface area contributed by atoms with Crippen molar-refractivity contribution in [3.8, 4) is 0 Å². The van der Waals surface area contributed by atoms with E-state index in [4.69, 9.17) is 9.47 Å². The second-order valence-corrected chi connectivity index (χ2v) is 8.40. The number of likely N-dealkylation sites (tertiary alicyclic amines) is 1. The molecule has 2 aromatic heterocycles. The molecular weight excluding hydrogens is 398 g/mol. The Bertz CT molecular complexity index is 892. The van der Waals surface area contributed by atoms with Crippen LogP contribution in [0.1, 0.15) is 40.4 Å². The molecule has 1 aliphatic heterocycles. The molecule has 10 heteroatoms. The van der Waals surface area contributed by atoms with Gasteiger partial charge < -0.3 is 18.9 Å². The second kappa shape index (κ2) is 9.88. The maximum atomic E-state index is 13.6. The molecule has 0 radical (unpaired) electrons. The average molecular weight is 434 g/mol. The van der Waals surface area contributed by atoms with Crippen molar-refractivity contribution >= 4 is 5.91 Å². The first-order valence-corrected chi connectivity index (χ1v) is 10.7. The van der Waals surface area contributed by atoms with Gasteiger partial charge in [-0.3, -0.25) is 9.69 Å². The van der Waals surface area contributed by atoms with Gasteiger partial charge in [-0.1, -0.05) is 0 Å². The lowest BCUT2D eigenvalue weighted by Crippen LogP contribution is -2.56. The number of piperidine rings is 1. The quantitative estimate of drug-likeness (QED) is 0.584. The lowest BCUT2D eigenvalue weighted by atomic mass is 9.86. The molecular formula is C21H35N7O3. The number of aromatic nitrogens is 5. The fourth-order valence-corrected chi connectivity index (χ4v) is 4.54. The van der Waals surface area contributed by atoms with Crippen molar-refractivity contribution in [3.63, 3.8) is 0 Å². The monoisotopic (exact) mass is 433 g/mol. The lowest BCUT2D eigenvalue weighted by molar-refractivity contribution is 0.0250. The van der Waals surface area contributed by atoms with Crippen LogP contribution in [-0.2, 0) is 28.1 Å². The van der Waals surface area contributed by atoms with Crippen molar-refractivity contribution in [1.29, 1.82) is 0 Å². The SMILES string of the molecule is COCCn1nnnc1C1(N(C)C)CCCN(C(=O)c2cc(C)n(CCOC)c2C)C1. The molecule has 0 spiro atoms. The molecule has 3 heterocycles. The summed E-state index contributed by atoms with van der Waals surface area (Å²) in [6, 6.07) is 1.99. The van der Waals surface area contributed by atoms with Crippen molar-refractivity contribution < 1.29 is 14.3 Å². The first-order valence-electron chi connectivity index (χ1n) is 10.7. The average Bonchev–Trinajstić information content (AvgIpc) is 3.34. The van der Waals surface area contributed by atoms with Crippen LogP contribution < -0.4 is 0 Å². The molecule has 1 saturated heterocycles. The van der Waals surface area contributed by atoms with Crippen LogP contribution in [0, 0.1) is 13.8 Å². The Morgan fingerprint density at radius 2 is 1.90 bits per heavy atom. The normalized spacial score (nSPS) is 19.4. The zero-order valence-electron chi connectivity index (χ0n) is 19.6. The van der Waals surface area contributed by atoms with Gasteiger partial charge in [-0.15, -0.1) is 5.10 Å². The predicted octanol–water partition coefficient (Wildman–Crippen LogP) is 1.08. The minimum atomic E-state index is -0.452. The summed E-state index contributed by atoms with van der Waals surface area (Å²) in [6.07, 6.45) is 1.76. The minimum absolute atomic E-state index is 0.0543. The van der Waals surface area contributed by atoms with E-state index in [0.717, 1.165) is 48.7 Å². The molecule has 0 aliphatic carbocycles. The zero-order valence-corrected chi connectivity index (χ0v) is 19.6. The van der Waals surface area contributed by atoms with Crippen LogP contribution in [0.2, 0.25) is 0 Å². The molecule has 1 unspecified atom stereocenters. The fourth-order valence-electron chi connectivity index (χ4n) is 4.54. The van der Waals surface area contributed by atoms with E-state index in [1.807, 2.05) is 38.9 Å². The first-order chi connectivity index (χ1) is 14.9. The number of amides is 1. The van der Waals surface area contributed by atoms with E-state index in [0.29, 0.717) is 26.3 Å². The Labute approximate surface area is 184 Å². The van der Waals surface area contributed by atoms with Gasteiger partial charge >= 0.3 is 0 Å². The molecule has 2 aromatic rings. The van der Waals surface area contributed by atoms with E-state index >= 15 is 0 Å². The van der Waals surface area contributed by atoms with E-state index in [2.05, 4.69) is 25.0 Å². The Kier molecular flexibility index (Phi) is 7.45. The number of hydrogen-bond donors (Lipinski definition) is 0. The highest BCUT2D eigenvalue weighted by Gasteiger charge is 2.45. The summed E-state index contributed by atoms with van der Waals surface area (Å²) < 4.78 is 14.4. The summed E-state index contributed by atoms with van der Waals surface area (Å²) in [5.74, 6) is 0.830. The molecule has 10 nitrogen and oxygen atoms in total. The largest absolute Gasteiger partial charge is 0.383 e. The van der Waals surface area contributed by atoms with Gasteiger partial charge in [-0.05, 0) is 57.3 Å². The highest BCUT2D eigenvalue weighted by molar-refractivity contribution is 5.96. The third kappa shape index (κ3) is 4.51. The maximum Gasteiger partial charge on any atom is 0.255 e. The maximum absolute atomic E-state index is 13.6. The summed E-state index contributed by atoms with van der Waals surface area (Å²) in [5, 5.41) is 12.5. The molecule has 0 saturated carbocycles. The van der Waals surface area contributed by atoms with Crippen LogP contribution >= 0.6 is 0 Å². The molecule has 3 rings (SSSR count). The highest BCUT2D eigenvalue weighted by Crippen LogP contribution is 2.35. The summed E-state index contributed by atoms with van der Waals surface area (Å²) in [6.45, 7) is 7.73. The van der Waals surface area contributed by atoms with Crippen molar-refractivity contribution in [2.75, 3.05) is 54.6 Å². The van der Waals surface area contributed by atoms with Gasteiger partial charge in [0, 0.05) is 45.2 Å². The summed E-state index contributed by atoms with van der Waals surface area (Å²) in [5.41, 5.74) is 2.34. The first kappa shape index (κ1) is 23.4. The van der Waals surface area contributed by atoms with E-state index < -0.39 is 5.54 Å². The molecule has 0 bridgehead atoms. The summed E-state index contributed by atoms with van der Waals surface area (Å²) in [4.78, 5) is 17.7. The van der Waals surface area contributed by atoms with Gasteiger partial charge in [0.25, 0.3) is 5.91 Å². The standard InChI is InChI=1S/C21H35N7O3/c1-16-14-18(17(2)27(16)10-12-30-5)19(29)26-9-7-8-21(15-26,25(3)4)20-22-23-24-28(20)11-13-31-6/h14H,7-13,15H2,1-6H3. The number of likely N-dealkylation sites (N-methyl/N-ethyl adjacent to an activating group) is 1. The van der Waals surface area contributed by atoms with Crippen LogP contribution in [0.5, 0.6) is 0 Å². The smallest absolute Gasteiger partial charge is 0.255 e. The summed E-state index contributed by atoms with van der Waals surface area (Å²) in [7, 11) is 7.41. The molecule has 1 fully saturated rings. The number of nitrogens with zero attached hydrogens (tertiary/aromatic N) is 7. The van der Waals surface area contributed by atoms with Crippen LogP contribution in [0.25, 0.3) is 0 Å². The van der Waals surface area contributed by atoms with Gasteiger partial charge in [0.05, 0.1) is 25.3 Å². The van der Waals surface area contributed by atoms with Crippen molar-refractivity contribution in [3.05, 3.63) is 28.8 Å². The minimum Gasteiger partial charge on any atom is -0.383 e. The van der Waals surface area contributed by atoms with E-state index in [1.165, 1.54) is 0 Å². The molecule has 31 heavy (non-hydrogen) atoms. The Balaban J connectivity index is 1.89. The number of carbonyl (C=O) groups excluding carboxylic acids is 1. The number of rotatable bonds is 9. The molecule has 172 valence electrons. The van der Waals surface area contributed by atoms with Gasteiger partial charge in [-0.2, -0.15) is 0 Å². The molecule has 1 aliphatic rings. The van der Waals surface area contributed by atoms with Crippen molar-refractivity contribution in [2.45, 2.75) is 45.3 Å². The highest BCUT2D eigenvalue weighted by atomic mass is 16.5. The Hall–Kier alpha value is -2.30. The number of tetrazole rings is 1. The number of methoxy groups -OCH3 is 2. The van der Waals surface area contributed by atoms with Gasteiger partial charge in [0.15, 0.2) is 5.82 Å². The van der Waals surface area contributed by atoms with Crippen LogP contribution in [0.15, 0.2) is 6.07 Å². The number of hydrogen-bond acceptors (Lipinski definition) is 7. The van der Waals surface area contributed by atoms with E-state index in [1.54, 1.807) is 18.9 Å². The van der Waals surface area contributed by atoms with E-state index in [9.17, 15) is 4.79 Å². The lowest BCUT2D eigenvalue weighted by Gasteiger charge is -2.45. The van der Waals surface area contributed by atoms with E-state index in [-0.39, 0.29) is 5.91 Å². The van der Waals surface area contributed by atoms with Gasteiger partial charge in [0.2, 0.25) is 0 Å². The third-order valence-corrected chi connectivity index (χ3v) is 6.39. The molecule has 1 amide bonds. The van der Waals surface area contributed by atoms with Crippen LogP contribution in [0.3, 0.4) is 0 Å². The fraction of sp³-hybridized carbons (Fsp3) is 0.714. The van der Waals surface area contributed by atoms with Crippen molar-refractivity contribution in [2.24, 2.45) is 0 Å². The van der Waals surface area contributed by atoms with Crippen LogP contribution in [-0.4, -0.2) is 95.1 Å². The molecule has 1 atom stereocenters. The van der Waals surface area contributed by atoms with Gasteiger partial charge in [0.1, 0.15) is 5.54 Å². The Morgan fingerprint density at radius 1 is 1.19 bits per heavy atom. The number of aryl methyl sites for hydroxylation is 1. The number of carbonyl (C=O) groups is 1. The zero-order chi connectivity index (χ0) is 22.6. The third-order valence-electron chi connectivity index (χ3n) is 6.39. The Morgan fingerprint density at radius 3 is 2.58 bits per heavy atom. The van der Waals surface area contributed by atoms with Crippen LogP contribution in [0.4, 0.5) is 0 Å². The molecule has 0 N–H and O–H groups in total. The number of ether oxygens (including phenoxy) is 2. The molecule has 0 aromatic carbocycles. The topological polar surface area (TPSA) is 90.5 Å². The van der Waals surface area contributed by atoms with Crippen molar-refractivity contribution in [1.82, 2.24) is 34.6 Å².